The molecular formula is C9H10O2. The van der Waals surface area contributed by atoms with Gasteiger partial charge in [-0.15, -0.1) is 0 Å². The molecule has 0 bridgehead atoms. The van der Waals surface area contributed by atoms with Crippen LogP contribution >= 0.6 is 0 Å². The quantitative estimate of drug-likeness (QED) is 0.643. The predicted octanol–water partition coefficient (Wildman–Crippen LogP) is 2.13. The van der Waals surface area contributed by atoms with E-state index in [2.05, 4.69) is 0 Å². The van der Waals surface area contributed by atoms with Crippen molar-refractivity contribution in [3.63, 3.8) is 0 Å². The number of aromatic hydroxyl groups is 2. The molecular weight excluding hydrogens is 140 g/mol. The first-order valence-corrected chi connectivity index (χ1v) is 3.38. The average Bonchev–Trinajstić information content (AvgIpc) is 1.95. The lowest BCUT2D eigenvalue weighted by Crippen LogP contribution is -1.73. The Morgan fingerprint density at radius 1 is 1.27 bits per heavy atom. The van der Waals surface area contributed by atoms with E-state index in [1.165, 1.54) is 12.1 Å². The van der Waals surface area contributed by atoms with Gasteiger partial charge in [-0.25, -0.2) is 0 Å². The second-order valence-electron chi connectivity index (χ2n) is 2.24. The highest BCUT2D eigenvalue weighted by Gasteiger charge is 1.96. The monoisotopic (exact) mass is 150 g/mol. The molecule has 0 amide bonds. The van der Waals surface area contributed by atoms with Gasteiger partial charge in [-0.05, 0) is 19.1 Å². The van der Waals surface area contributed by atoms with Crippen LogP contribution in [-0.4, -0.2) is 10.2 Å². The fourth-order valence-corrected chi connectivity index (χ4v) is 0.853. The minimum absolute atomic E-state index is 0.0794. The van der Waals surface area contributed by atoms with Gasteiger partial charge in [0.1, 0.15) is 11.5 Å². The van der Waals surface area contributed by atoms with Gasteiger partial charge in [0.2, 0.25) is 0 Å². The molecule has 0 aromatic heterocycles. The molecule has 11 heavy (non-hydrogen) atoms. The molecule has 1 rings (SSSR count). The Morgan fingerprint density at radius 3 is 2.55 bits per heavy atom. The molecule has 0 aliphatic carbocycles. The first kappa shape index (κ1) is 7.66. The number of rotatable bonds is 1. The Morgan fingerprint density at radius 2 is 2.00 bits per heavy atom. The van der Waals surface area contributed by atoms with E-state index in [0.29, 0.717) is 5.56 Å². The minimum Gasteiger partial charge on any atom is -0.508 e. The van der Waals surface area contributed by atoms with E-state index in [1.807, 2.05) is 13.0 Å². The number of allylic oxidation sites excluding steroid dienone is 1. The normalized spacial score (nSPS) is 10.6. The van der Waals surface area contributed by atoms with Crippen LogP contribution in [0.2, 0.25) is 0 Å². The van der Waals surface area contributed by atoms with Crippen molar-refractivity contribution in [3.05, 3.63) is 29.8 Å². The summed E-state index contributed by atoms with van der Waals surface area (Å²) in [6, 6.07) is 4.51. The zero-order valence-electron chi connectivity index (χ0n) is 6.28. The molecule has 0 unspecified atom stereocenters. The largest absolute Gasteiger partial charge is 0.508 e. The van der Waals surface area contributed by atoms with Gasteiger partial charge >= 0.3 is 0 Å². The molecule has 1 aromatic rings. The van der Waals surface area contributed by atoms with E-state index < -0.39 is 0 Å². The van der Waals surface area contributed by atoms with Gasteiger partial charge in [-0.3, -0.25) is 0 Å². The van der Waals surface area contributed by atoms with Crippen LogP contribution in [-0.2, 0) is 0 Å². The summed E-state index contributed by atoms with van der Waals surface area (Å²) in [5, 5.41) is 18.1. The van der Waals surface area contributed by atoms with Crippen LogP contribution in [0.1, 0.15) is 12.5 Å². The van der Waals surface area contributed by atoms with Crippen LogP contribution in [0.4, 0.5) is 0 Å². The SMILES string of the molecule is C/C=C/c1ccc(O)cc1O. The smallest absolute Gasteiger partial charge is 0.126 e. The number of phenols is 2. The highest BCUT2D eigenvalue weighted by Crippen LogP contribution is 2.23. The molecule has 2 N–H and O–H groups in total. The molecule has 0 saturated heterocycles. The van der Waals surface area contributed by atoms with Crippen LogP contribution in [0, 0.1) is 0 Å². The van der Waals surface area contributed by atoms with Gasteiger partial charge in [0, 0.05) is 11.6 Å². The molecule has 2 nitrogen and oxygen atoms in total. The van der Waals surface area contributed by atoms with Crippen LogP contribution in [0.5, 0.6) is 11.5 Å². The Labute approximate surface area is 65.4 Å². The zero-order valence-corrected chi connectivity index (χ0v) is 6.28. The molecule has 0 spiro atoms. The highest BCUT2D eigenvalue weighted by atomic mass is 16.3. The maximum absolute atomic E-state index is 9.21. The molecule has 0 fully saturated rings. The molecule has 0 atom stereocenters. The van der Waals surface area contributed by atoms with Gasteiger partial charge in [-0.1, -0.05) is 12.2 Å². The van der Waals surface area contributed by atoms with Crippen LogP contribution in [0.15, 0.2) is 24.3 Å². The van der Waals surface area contributed by atoms with Crippen molar-refractivity contribution >= 4 is 6.08 Å². The van der Waals surface area contributed by atoms with Crippen molar-refractivity contribution in [3.8, 4) is 11.5 Å². The highest BCUT2D eigenvalue weighted by molar-refractivity contribution is 5.58. The number of hydrogen-bond donors (Lipinski definition) is 2. The summed E-state index contributed by atoms with van der Waals surface area (Å²) in [4.78, 5) is 0. The Kier molecular flexibility index (Phi) is 2.16. The summed E-state index contributed by atoms with van der Waals surface area (Å²) in [7, 11) is 0. The van der Waals surface area contributed by atoms with Crippen molar-refractivity contribution < 1.29 is 10.2 Å². The molecule has 0 heterocycles. The van der Waals surface area contributed by atoms with Crippen molar-refractivity contribution in [1.82, 2.24) is 0 Å². The van der Waals surface area contributed by atoms with E-state index in [1.54, 1.807) is 12.1 Å². The van der Waals surface area contributed by atoms with Crippen LogP contribution < -0.4 is 0 Å². The Balaban J connectivity index is 3.09. The Bertz CT molecular complexity index is 277. The third-order valence-electron chi connectivity index (χ3n) is 1.36. The van der Waals surface area contributed by atoms with Gasteiger partial charge in [0.25, 0.3) is 0 Å². The van der Waals surface area contributed by atoms with Gasteiger partial charge in [0.05, 0.1) is 0 Å². The van der Waals surface area contributed by atoms with E-state index >= 15 is 0 Å². The molecule has 0 radical (unpaired) electrons. The molecule has 0 aliphatic rings. The third-order valence-corrected chi connectivity index (χ3v) is 1.36. The zero-order chi connectivity index (χ0) is 8.27. The second-order valence-corrected chi connectivity index (χ2v) is 2.24. The molecule has 0 aliphatic heterocycles. The second kappa shape index (κ2) is 3.10. The van der Waals surface area contributed by atoms with Crippen LogP contribution in [0.3, 0.4) is 0 Å². The lowest BCUT2D eigenvalue weighted by molar-refractivity contribution is 0.450. The van der Waals surface area contributed by atoms with Crippen molar-refractivity contribution in [2.75, 3.05) is 0 Å². The molecule has 58 valence electrons. The lowest BCUT2D eigenvalue weighted by Gasteiger charge is -1.98. The number of phenolic OH excluding ortho intramolecular Hbond substituents is 2. The summed E-state index contributed by atoms with van der Waals surface area (Å²) >= 11 is 0. The lowest BCUT2D eigenvalue weighted by atomic mass is 10.2. The summed E-state index contributed by atoms with van der Waals surface area (Å²) < 4.78 is 0. The third kappa shape index (κ3) is 1.74. The predicted molar refractivity (Wildman–Crippen MR) is 44.5 cm³/mol. The van der Waals surface area contributed by atoms with Gasteiger partial charge in [-0.2, -0.15) is 0 Å². The molecule has 1 aromatic carbocycles. The fraction of sp³-hybridized carbons (Fsp3) is 0.111. The van der Waals surface area contributed by atoms with Gasteiger partial charge < -0.3 is 10.2 Å². The fourth-order valence-electron chi connectivity index (χ4n) is 0.853. The Hall–Kier alpha value is -1.44. The maximum Gasteiger partial charge on any atom is 0.126 e. The minimum atomic E-state index is 0.0794. The molecule has 2 heteroatoms. The molecule has 0 saturated carbocycles. The van der Waals surface area contributed by atoms with Gasteiger partial charge in [0.15, 0.2) is 0 Å². The van der Waals surface area contributed by atoms with Crippen molar-refractivity contribution in [2.45, 2.75) is 6.92 Å². The van der Waals surface area contributed by atoms with E-state index in [-0.39, 0.29) is 11.5 Å². The topological polar surface area (TPSA) is 40.5 Å². The van der Waals surface area contributed by atoms with E-state index in [0.717, 1.165) is 0 Å². The first-order valence-electron chi connectivity index (χ1n) is 3.38. The van der Waals surface area contributed by atoms with Crippen molar-refractivity contribution in [1.29, 1.82) is 0 Å². The summed E-state index contributed by atoms with van der Waals surface area (Å²) in [5.74, 6) is 0.179. The standard InChI is InChI=1S/C9H10O2/c1-2-3-7-4-5-8(10)6-9(7)11/h2-6,10-11H,1H3/b3-2+. The van der Waals surface area contributed by atoms with Crippen molar-refractivity contribution in [2.24, 2.45) is 0 Å². The summed E-state index contributed by atoms with van der Waals surface area (Å²) in [5.41, 5.74) is 0.713. The van der Waals surface area contributed by atoms with E-state index in [9.17, 15) is 5.11 Å². The maximum atomic E-state index is 9.21. The number of hydrogen-bond acceptors (Lipinski definition) is 2. The number of benzene rings is 1. The summed E-state index contributed by atoms with van der Waals surface area (Å²) in [6.45, 7) is 1.87. The summed E-state index contributed by atoms with van der Waals surface area (Å²) in [6.07, 6.45) is 3.60. The van der Waals surface area contributed by atoms with Crippen LogP contribution in [0.25, 0.3) is 6.08 Å². The average molecular weight is 150 g/mol. The first-order chi connectivity index (χ1) is 5.24. The van der Waals surface area contributed by atoms with E-state index in [4.69, 9.17) is 5.11 Å².